The van der Waals surface area contributed by atoms with Gasteiger partial charge in [0.25, 0.3) is 5.91 Å². The molecule has 1 aliphatic heterocycles. The van der Waals surface area contributed by atoms with E-state index in [1.165, 1.54) is 6.92 Å². The first kappa shape index (κ1) is 25.6. The summed E-state index contributed by atoms with van der Waals surface area (Å²) >= 11 is 0. The number of hydrogen-bond acceptors (Lipinski definition) is 6. The summed E-state index contributed by atoms with van der Waals surface area (Å²) < 4.78 is 11.7. The Kier molecular flexibility index (Phi) is 9.03. The van der Waals surface area contributed by atoms with E-state index in [1.54, 1.807) is 37.3 Å². The van der Waals surface area contributed by atoms with Gasteiger partial charge < -0.3 is 29.5 Å². The van der Waals surface area contributed by atoms with Crippen molar-refractivity contribution in [1.29, 1.82) is 0 Å². The Morgan fingerprint density at radius 2 is 1.94 bits per heavy atom. The Labute approximate surface area is 190 Å². The molecule has 0 fully saturated rings. The van der Waals surface area contributed by atoms with E-state index in [-0.39, 0.29) is 42.4 Å². The van der Waals surface area contributed by atoms with Gasteiger partial charge in [-0.1, -0.05) is 6.92 Å². The minimum absolute atomic E-state index is 0.00609. The predicted molar refractivity (Wildman–Crippen MR) is 123 cm³/mol. The molecular weight excluding hydrogens is 412 g/mol. The zero-order valence-electron chi connectivity index (χ0n) is 20.2. The lowest BCUT2D eigenvalue weighted by atomic mass is 10.0. The third kappa shape index (κ3) is 6.67. The number of fused-ring (bicyclic) bond motifs is 1. The van der Waals surface area contributed by atoms with E-state index in [2.05, 4.69) is 5.32 Å². The highest BCUT2D eigenvalue weighted by Gasteiger charge is 2.30. The summed E-state index contributed by atoms with van der Waals surface area (Å²) in [5, 5.41) is 2.71. The fraction of sp³-hybridized carbons (Fsp3) is 0.609. The summed E-state index contributed by atoms with van der Waals surface area (Å²) in [4.78, 5) is 42.9. The van der Waals surface area contributed by atoms with Crippen LogP contribution in [-0.4, -0.2) is 99.1 Å². The number of ether oxygens (including phenoxy) is 2. The minimum atomic E-state index is -0.256. The standard InChI is InChI=1S/C23H36N4O5/c1-15-11-27(22(29)13-25(4)5)16(2)14-32-20-9-8-18(24-17(3)28)10-19(20)23(30)26(6)12-21(15)31-7/h8-10,15-16,21H,11-14H2,1-7H3,(H,24,28)/t15-,16+,21+/m0/s1. The van der Waals surface area contributed by atoms with Crippen LogP contribution in [0.25, 0.3) is 0 Å². The van der Waals surface area contributed by atoms with Crippen molar-refractivity contribution >= 4 is 23.4 Å². The molecule has 9 nitrogen and oxygen atoms in total. The van der Waals surface area contributed by atoms with Crippen molar-refractivity contribution < 1.29 is 23.9 Å². The van der Waals surface area contributed by atoms with Crippen molar-refractivity contribution in [3.05, 3.63) is 23.8 Å². The molecule has 2 rings (SSSR count). The molecule has 0 spiro atoms. The topological polar surface area (TPSA) is 91.4 Å². The Morgan fingerprint density at radius 3 is 2.53 bits per heavy atom. The molecule has 0 saturated carbocycles. The summed E-state index contributed by atoms with van der Waals surface area (Å²) in [5.74, 6) is -0.0404. The maximum Gasteiger partial charge on any atom is 0.257 e. The number of hydrogen-bond donors (Lipinski definition) is 1. The summed E-state index contributed by atoms with van der Waals surface area (Å²) in [7, 11) is 7.05. The first-order valence-electron chi connectivity index (χ1n) is 10.8. The van der Waals surface area contributed by atoms with Crippen LogP contribution in [0.2, 0.25) is 0 Å². The molecule has 0 radical (unpaired) electrons. The number of benzene rings is 1. The van der Waals surface area contributed by atoms with E-state index in [9.17, 15) is 14.4 Å². The quantitative estimate of drug-likeness (QED) is 0.751. The highest BCUT2D eigenvalue weighted by molar-refractivity contribution is 5.99. The molecule has 0 unspecified atom stereocenters. The van der Waals surface area contributed by atoms with E-state index in [0.717, 1.165) is 0 Å². The van der Waals surface area contributed by atoms with E-state index in [0.29, 0.717) is 36.6 Å². The number of carbonyl (C=O) groups excluding carboxylic acids is 3. The fourth-order valence-corrected chi connectivity index (χ4v) is 3.77. The van der Waals surface area contributed by atoms with Gasteiger partial charge in [-0.25, -0.2) is 0 Å². The zero-order chi connectivity index (χ0) is 24.0. The molecule has 1 aliphatic rings. The summed E-state index contributed by atoms with van der Waals surface area (Å²) in [6, 6.07) is 4.77. The van der Waals surface area contributed by atoms with Gasteiger partial charge >= 0.3 is 0 Å². The van der Waals surface area contributed by atoms with Gasteiger partial charge in [0.15, 0.2) is 0 Å². The summed E-state index contributed by atoms with van der Waals surface area (Å²) in [6.07, 6.45) is -0.256. The lowest BCUT2D eigenvalue weighted by Crippen LogP contribution is -2.50. The second-order valence-electron chi connectivity index (χ2n) is 8.77. The molecule has 0 bridgehead atoms. The van der Waals surface area contributed by atoms with Gasteiger partial charge in [-0.3, -0.25) is 14.4 Å². The van der Waals surface area contributed by atoms with Crippen molar-refractivity contribution in [2.24, 2.45) is 5.92 Å². The van der Waals surface area contributed by atoms with E-state index < -0.39 is 0 Å². The van der Waals surface area contributed by atoms with Crippen molar-refractivity contribution in [3.63, 3.8) is 0 Å². The largest absolute Gasteiger partial charge is 0.491 e. The predicted octanol–water partition coefficient (Wildman–Crippen LogP) is 1.54. The van der Waals surface area contributed by atoms with Gasteiger partial charge in [0, 0.05) is 45.8 Å². The molecule has 0 saturated heterocycles. The monoisotopic (exact) mass is 448 g/mol. The lowest BCUT2D eigenvalue weighted by Gasteiger charge is -2.36. The van der Waals surface area contributed by atoms with Crippen molar-refractivity contribution in [2.75, 3.05) is 59.8 Å². The van der Waals surface area contributed by atoms with Crippen molar-refractivity contribution in [3.8, 4) is 5.75 Å². The third-order valence-corrected chi connectivity index (χ3v) is 5.54. The smallest absolute Gasteiger partial charge is 0.257 e. The van der Waals surface area contributed by atoms with E-state index in [4.69, 9.17) is 9.47 Å². The third-order valence-electron chi connectivity index (χ3n) is 5.54. The zero-order valence-corrected chi connectivity index (χ0v) is 20.2. The molecule has 0 aliphatic carbocycles. The van der Waals surface area contributed by atoms with Gasteiger partial charge in [0.1, 0.15) is 12.4 Å². The maximum atomic E-state index is 13.2. The van der Waals surface area contributed by atoms with Crippen LogP contribution in [0.4, 0.5) is 5.69 Å². The normalized spacial score (nSPS) is 22.5. The second kappa shape index (κ2) is 11.3. The van der Waals surface area contributed by atoms with Crippen molar-refractivity contribution in [1.82, 2.24) is 14.7 Å². The van der Waals surface area contributed by atoms with E-state index in [1.807, 2.05) is 37.7 Å². The van der Waals surface area contributed by atoms with Crippen LogP contribution >= 0.6 is 0 Å². The SMILES string of the molecule is CO[C@@H]1CN(C)C(=O)c2cc(NC(C)=O)ccc2OC[C@@H](C)N(C(=O)CN(C)C)C[C@@H]1C. The number of carbonyl (C=O) groups is 3. The molecule has 3 amide bonds. The molecule has 32 heavy (non-hydrogen) atoms. The number of amides is 3. The molecule has 1 heterocycles. The van der Waals surface area contributed by atoms with Crippen LogP contribution in [0.15, 0.2) is 18.2 Å². The number of nitrogens with one attached hydrogen (secondary N) is 1. The maximum absolute atomic E-state index is 13.2. The van der Waals surface area contributed by atoms with Gasteiger partial charge in [-0.2, -0.15) is 0 Å². The van der Waals surface area contributed by atoms with Crippen LogP contribution in [0.5, 0.6) is 5.75 Å². The molecule has 0 aromatic heterocycles. The first-order chi connectivity index (χ1) is 15.0. The average molecular weight is 449 g/mol. The molecule has 1 aromatic carbocycles. The van der Waals surface area contributed by atoms with E-state index >= 15 is 0 Å². The molecular formula is C23H36N4O5. The Morgan fingerprint density at radius 1 is 1.25 bits per heavy atom. The fourth-order valence-electron chi connectivity index (χ4n) is 3.77. The molecule has 3 atom stereocenters. The number of anilines is 1. The molecule has 1 N–H and O–H groups in total. The second-order valence-corrected chi connectivity index (χ2v) is 8.77. The van der Waals surface area contributed by atoms with Crippen molar-refractivity contribution in [2.45, 2.75) is 32.9 Å². The average Bonchev–Trinajstić information content (AvgIpc) is 2.71. The molecule has 9 heteroatoms. The highest BCUT2D eigenvalue weighted by Crippen LogP contribution is 2.26. The lowest BCUT2D eigenvalue weighted by molar-refractivity contribution is -0.136. The van der Waals surface area contributed by atoms with Crippen LogP contribution in [0, 0.1) is 5.92 Å². The summed E-state index contributed by atoms with van der Waals surface area (Å²) in [5.41, 5.74) is 0.862. The molecule has 1 aromatic rings. The number of likely N-dealkylation sites (N-methyl/N-ethyl adjacent to an activating group) is 2. The van der Waals surface area contributed by atoms with Gasteiger partial charge in [0.05, 0.1) is 24.3 Å². The Hall–Kier alpha value is -2.65. The summed E-state index contributed by atoms with van der Waals surface area (Å²) in [6.45, 7) is 6.74. The number of methoxy groups -OCH3 is 1. The van der Waals surface area contributed by atoms with Crippen LogP contribution in [-0.2, 0) is 14.3 Å². The van der Waals surface area contributed by atoms with Crippen LogP contribution in [0.1, 0.15) is 31.1 Å². The minimum Gasteiger partial charge on any atom is -0.491 e. The first-order valence-corrected chi connectivity index (χ1v) is 10.8. The van der Waals surface area contributed by atoms with Crippen LogP contribution < -0.4 is 10.1 Å². The Bertz CT molecular complexity index is 829. The van der Waals surface area contributed by atoms with Gasteiger partial charge in [-0.15, -0.1) is 0 Å². The van der Waals surface area contributed by atoms with Gasteiger partial charge in [0.2, 0.25) is 11.8 Å². The number of nitrogens with zero attached hydrogens (tertiary/aromatic N) is 3. The number of rotatable bonds is 4. The Balaban J connectivity index is 2.44. The van der Waals surface area contributed by atoms with Crippen LogP contribution in [0.3, 0.4) is 0 Å². The molecule has 178 valence electrons. The van der Waals surface area contributed by atoms with Gasteiger partial charge in [-0.05, 0) is 39.2 Å². The highest BCUT2D eigenvalue weighted by atomic mass is 16.5.